The van der Waals surface area contributed by atoms with Crippen molar-refractivity contribution in [2.45, 2.75) is 19.4 Å². The molecule has 6 heteroatoms. The molecule has 2 N–H and O–H groups in total. The van der Waals surface area contributed by atoms with Gasteiger partial charge in [0.15, 0.2) is 5.69 Å². The normalized spacial score (nSPS) is 11.5. The number of rotatable bonds is 4. The predicted molar refractivity (Wildman–Crippen MR) is 77.2 cm³/mol. The number of carbonyl (C=O) groups is 1. The summed E-state index contributed by atoms with van der Waals surface area (Å²) in [6.45, 7) is 3.35. The van der Waals surface area contributed by atoms with E-state index in [-0.39, 0.29) is 24.0 Å². The van der Waals surface area contributed by atoms with Crippen molar-refractivity contribution in [2.24, 2.45) is 7.05 Å². The number of nitrogens with one attached hydrogen (secondary N) is 1. The highest BCUT2D eigenvalue weighted by molar-refractivity contribution is 5.93. The van der Waals surface area contributed by atoms with Crippen LogP contribution in [0.5, 0.6) is 0 Å². The minimum Gasteiger partial charge on any atom is -0.389 e. The van der Waals surface area contributed by atoms with Gasteiger partial charge in [0.05, 0.1) is 11.3 Å². The number of aliphatic hydroxyl groups is 1. The van der Waals surface area contributed by atoms with Crippen molar-refractivity contribution < 1.29 is 14.3 Å². The molecule has 0 saturated carbocycles. The van der Waals surface area contributed by atoms with Crippen LogP contribution < -0.4 is 5.32 Å². The number of aryl methyl sites for hydroxylation is 1. The van der Waals surface area contributed by atoms with Gasteiger partial charge in [-0.05, 0) is 49.7 Å². The summed E-state index contributed by atoms with van der Waals surface area (Å²) in [6, 6.07) is 7.61. The summed E-state index contributed by atoms with van der Waals surface area (Å²) in [7, 11) is 1.71. The first kappa shape index (κ1) is 15.2. The van der Waals surface area contributed by atoms with Gasteiger partial charge in [0.25, 0.3) is 5.91 Å². The van der Waals surface area contributed by atoms with Gasteiger partial charge in [-0.15, -0.1) is 0 Å². The van der Waals surface area contributed by atoms with Crippen molar-refractivity contribution in [3.63, 3.8) is 0 Å². The Bertz CT molecular complexity index is 642. The maximum atomic E-state index is 12.9. The van der Waals surface area contributed by atoms with Crippen LogP contribution in [0.25, 0.3) is 11.3 Å². The number of halogens is 1. The van der Waals surface area contributed by atoms with Crippen LogP contribution in [0.4, 0.5) is 4.39 Å². The van der Waals surface area contributed by atoms with Gasteiger partial charge in [-0.25, -0.2) is 4.39 Å². The van der Waals surface area contributed by atoms with Crippen molar-refractivity contribution in [3.05, 3.63) is 41.8 Å². The molecule has 112 valence electrons. The molecule has 0 spiro atoms. The van der Waals surface area contributed by atoms with E-state index in [1.54, 1.807) is 43.8 Å². The van der Waals surface area contributed by atoms with Gasteiger partial charge in [-0.2, -0.15) is 5.10 Å². The maximum absolute atomic E-state index is 12.9. The molecule has 1 aromatic carbocycles. The molecule has 0 unspecified atom stereocenters. The molecule has 2 aromatic rings. The Morgan fingerprint density at radius 3 is 2.57 bits per heavy atom. The Morgan fingerprint density at radius 2 is 2.00 bits per heavy atom. The van der Waals surface area contributed by atoms with Crippen molar-refractivity contribution >= 4 is 5.91 Å². The minimum atomic E-state index is -0.982. The Kier molecular flexibility index (Phi) is 4.09. The molecule has 0 bridgehead atoms. The molecular formula is C15H18FN3O2. The van der Waals surface area contributed by atoms with Crippen LogP contribution in [-0.4, -0.2) is 32.9 Å². The van der Waals surface area contributed by atoms with E-state index in [0.717, 1.165) is 5.56 Å². The molecule has 0 radical (unpaired) electrons. The first-order valence-corrected chi connectivity index (χ1v) is 6.57. The second kappa shape index (κ2) is 5.65. The lowest BCUT2D eigenvalue weighted by atomic mass is 10.1. The summed E-state index contributed by atoms with van der Waals surface area (Å²) in [5.74, 6) is -0.676. The maximum Gasteiger partial charge on any atom is 0.271 e. The number of hydrogen-bond donors (Lipinski definition) is 2. The molecule has 0 fully saturated rings. The Balaban J connectivity index is 2.19. The second-order valence-corrected chi connectivity index (χ2v) is 5.54. The number of carbonyl (C=O) groups excluding carboxylic acids is 1. The van der Waals surface area contributed by atoms with E-state index in [1.165, 1.54) is 12.1 Å². The highest BCUT2D eigenvalue weighted by Gasteiger charge is 2.18. The third kappa shape index (κ3) is 3.88. The topological polar surface area (TPSA) is 67.2 Å². The molecule has 0 aliphatic rings. The minimum absolute atomic E-state index is 0.133. The van der Waals surface area contributed by atoms with Gasteiger partial charge in [-0.1, -0.05) is 0 Å². The third-order valence-electron chi connectivity index (χ3n) is 2.93. The lowest BCUT2D eigenvalue weighted by molar-refractivity contribution is 0.0691. The fourth-order valence-corrected chi connectivity index (χ4v) is 1.86. The van der Waals surface area contributed by atoms with Crippen LogP contribution in [0.3, 0.4) is 0 Å². The van der Waals surface area contributed by atoms with Crippen molar-refractivity contribution in [1.82, 2.24) is 15.1 Å². The predicted octanol–water partition coefficient (Wildman–Crippen LogP) is 1.73. The third-order valence-corrected chi connectivity index (χ3v) is 2.93. The first-order chi connectivity index (χ1) is 9.76. The first-order valence-electron chi connectivity index (χ1n) is 6.57. The number of benzene rings is 1. The average Bonchev–Trinajstić information content (AvgIpc) is 2.78. The summed E-state index contributed by atoms with van der Waals surface area (Å²) in [5, 5.41) is 16.4. The SMILES string of the molecule is Cn1nc(C(=O)NCC(C)(C)O)cc1-c1ccc(F)cc1. The molecule has 0 saturated heterocycles. The zero-order chi connectivity index (χ0) is 15.6. The van der Waals surface area contributed by atoms with Crippen molar-refractivity contribution in [2.75, 3.05) is 6.54 Å². The summed E-state index contributed by atoms with van der Waals surface area (Å²) >= 11 is 0. The van der Waals surface area contributed by atoms with Gasteiger partial charge in [0, 0.05) is 13.6 Å². The number of aromatic nitrogens is 2. The van der Waals surface area contributed by atoms with E-state index in [9.17, 15) is 14.3 Å². The van der Waals surface area contributed by atoms with E-state index in [0.29, 0.717) is 5.69 Å². The van der Waals surface area contributed by atoms with Crippen molar-refractivity contribution in [1.29, 1.82) is 0 Å². The molecule has 5 nitrogen and oxygen atoms in total. The zero-order valence-electron chi connectivity index (χ0n) is 12.2. The van der Waals surface area contributed by atoms with Crippen LogP contribution in [0, 0.1) is 5.82 Å². The average molecular weight is 291 g/mol. The molecule has 0 atom stereocenters. The zero-order valence-corrected chi connectivity index (χ0v) is 12.2. The van der Waals surface area contributed by atoms with E-state index in [1.807, 2.05) is 0 Å². The highest BCUT2D eigenvalue weighted by atomic mass is 19.1. The van der Waals surface area contributed by atoms with Gasteiger partial charge < -0.3 is 10.4 Å². The number of hydrogen-bond acceptors (Lipinski definition) is 3. The van der Waals surface area contributed by atoms with E-state index < -0.39 is 5.60 Å². The fourth-order valence-electron chi connectivity index (χ4n) is 1.86. The van der Waals surface area contributed by atoms with Crippen LogP contribution >= 0.6 is 0 Å². The van der Waals surface area contributed by atoms with Crippen molar-refractivity contribution in [3.8, 4) is 11.3 Å². The lowest BCUT2D eigenvalue weighted by Crippen LogP contribution is -2.38. The molecule has 21 heavy (non-hydrogen) atoms. The van der Waals surface area contributed by atoms with Crippen LogP contribution in [-0.2, 0) is 7.05 Å². The van der Waals surface area contributed by atoms with Gasteiger partial charge in [0.2, 0.25) is 0 Å². The van der Waals surface area contributed by atoms with Gasteiger partial charge >= 0.3 is 0 Å². The fraction of sp³-hybridized carbons (Fsp3) is 0.333. The molecule has 2 rings (SSSR count). The number of nitrogens with zero attached hydrogens (tertiary/aromatic N) is 2. The Labute approximate surface area is 122 Å². The smallest absolute Gasteiger partial charge is 0.271 e. The summed E-state index contributed by atoms with van der Waals surface area (Å²) < 4.78 is 14.5. The molecule has 1 heterocycles. The van der Waals surface area contributed by atoms with Gasteiger partial charge in [-0.3, -0.25) is 9.48 Å². The largest absolute Gasteiger partial charge is 0.389 e. The standard InChI is InChI=1S/C15H18FN3O2/c1-15(2,21)9-17-14(20)12-8-13(19(3)18-12)10-4-6-11(16)7-5-10/h4-8,21H,9H2,1-3H3,(H,17,20). The summed E-state index contributed by atoms with van der Waals surface area (Å²) in [6.07, 6.45) is 0. The summed E-state index contributed by atoms with van der Waals surface area (Å²) in [5.41, 5.74) is 0.752. The van der Waals surface area contributed by atoms with E-state index in [2.05, 4.69) is 10.4 Å². The summed E-state index contributed by atoms with van der Waals surface area (Å²) in [4.78, 5) is 12.0. The monoisotopic (exact) mass is 291 g/mol. The Morgan fingerprint density at radius 1 is 1.38 bits per heavy atom. The highest BCUT2D eigenvalue weighted by Crippen LogP contribution is 2.20. The van der Waals surface area contributed by atoms with Crippen LogP contribution in [0.2, 0.25) is 0 Å². The quantitative estimate of drug-likeness (QED) is 0.901. The number of amides is 1. The molecule has 0 aliphatic carbocycles. The lowest BCUT2D eigenvalue weighted by Gasteiger charge is -2.16. The van der Waals surface area contributed by atoms with Gasteiger partial charge in [0.1, 0.15) is 5.82 Å². The van der Waals surface area contributed by atoms with E-state index in [4.69, 9.17) is 0 Å². The molecular weight excluding hydrogens is 273 g/mol. The van der Waals surface area contributed by atoms with Crippen LogP contribution in [0.1, 0.15) is 24.3 Å². The molecule has 1 aromatic heterocycles. The second-order valence-electron chi connectivity index (χ2n) is 5.54. The molecule has 1 amide bonds. The van der Waals surface area contributed by atoms with E-state index >= 15 is 0 Å². The molecule has 0 aliphatic heterocycles. The Hall–Kier alpha value is -2.21. The van der Waals surface area contributed by atoms with Crippen LogP contribution in [0.15, 0.2) is 30.3 Å².